The number of likely N-dealkylation sites (tertiary alicyclic amines) is 1. The average Bonchev–Trinajstić information content (AvgIpc) is 2.54. The highest BCUT2D eigenvalue weighted by atomic mass is 19.1. The molecule has 2 aromatic rings. The van der Waals surface area contributed by atoms with Crippen molar-refractivity contribution in [2.24, 2.45) is 0 Å². The van der Waals surface area contributed by atoms with Gasteiger partial charge in [0.2, 0.25) is 0 Å². The number of methoxy groups -OCH3 is 2. The Bertz CT molecular complexity index is 715. The van der Waals surface area contributed by atoms with Crippen molar-refractivity contribution >= 4 is 5.91 Å². The Balaban J connectivity index is 1.88. The molecule has 0 N–H and O–H groups in total. The van der Waals surface area contributed by atoms with E-state index in [1.165, 1.54) is 26.4 Å². The smallest absolute Gasteiger partial charge is 0.258 e. The van der Waals surface area contributed by atoms with E-state index in [-0.39, 0.29) is 17.8 Å². The Labute approximate surface area is 134 Å². The first-order valence-corrected chi connectivity index (χ1v) is 7.43. The molecule has 0 spiro atoms. The molecule has 2 aromatic carbocycles. The molecule has 1 amide bonds. The zero-order valence-corrected chi connectivity index (χ0v) is 13.1. The number of nitrogens with zero attached hydrogens (tertiary/aromatic N) is 1. The number of ether oxygens (including phenoxy) is 2. The van der Waals surface area contributed by atoms with Crippen LogP contribution >= 0.6 is 0 Å². The predicted octanol–water partition coefficient (Wildman–Crippen LogP) is 3.43. The quantitative estimate of drug-likeness (QED) is 0.867. The van der Waals surface area contributed by atoms with Gasteiger partial charge in [0.15, 0.2) is 11.5 Å². The van der Waals surface area contributed by atoms with Crippen LogP contribution in [0, 0.1) is 5.82 Å². The summed E-state index contributed by atoms with van der Waals surface area (Å²) in [5.74, 6) is 0.573. The molecular formula is C18H18FNO3. The first-order valence-electron chi connectivity index (χ1n) is 7.43. The van der Waals surface area contributed by atoms with Crippen LogP contribution in [0.25, 0.3) is 0 Å². The van der Waals surface area contributed by atoms with Crippen LogP contribution in [-0.4, -0.2) is 31.6 Å². The van der Waals surface area contributed by atoms with Crippen molar-refractivity contribution in [3.05, 3.63) is 59.4 Å². The lowest BCUT2D eigenvalue weighted by molar-refractivity contribution is 0.0456. The van der Waals surface area contributed by atoms with Crippen molar-refractivity contribution in [2.45, 2.75) is 12.5 Å². The van der Waals surface area contributed by atoms with Crippen LogP contribution in [0.2, 0.25) is 0 Å². The maximum absolute atomic E-state index is 13.1. The van der Waals surface area contributed by atoms with E-state index in [0.29, 0.717) is 23.6 Å². The second-order valence-corrected chi connectivity index (χ2v) is 5.40. The first-order chi connectivity index (χ1) is 11.2. The summed E-state index contributed by atoms with van der Waals surface area (Å²) in [6, 6.07) is 11.5. The molecular weight excluding hydrogens is 297 g/mol. The minimum atomic E-state index is -0.277. The standard InChI is InChI=1S/C18H18FNO3/c1-22-16-5-3-4-14(17(16)23-2)18(21)20-11-10-15(20)12-6-8-13(19)9-7-12/h3-9,15H,10-11H2,1-2H3/t15-/m1/s1. The Morgan fingerprint density at radius 3 is 2.43 bits per heavy atom. The van der Waals surface area contributed by atoms with Gasteiger partial charge in [0.25, 0.3) is 5.91 Å². The molecule has 1 aliphatic rings. The summed E-state index contributed by atoms with van der Waals surface area (Å²) >= 11 is 0. The SMILES string of the molecule is COc1cccc(C(=O)N2CC[C@@H]2c2ccc(F)cc2)c1OC. The van der Waals surface area contributed by atoms with E-state index in [4.69, 9.17) is 9.47 Å². The van der Waals surface area contributed by atoms with Crippen LogP contribution in [0.3, 0.4) is 0 Å². The van der Waals surface area contributed by atoms with Gasteiger partial charge < -0.3 is 14.4 Å². The molecule has 0 radical (unpaired) electrons. The number of carbonyl (C=O) groups is 1. The lowest BCUT2D eigenvalue weighted by atomic mass is 9.93. The molecule has 5 heteroatoms. The van der Waals surface area contributed by atoms with E-state index in [2.05, 4.69) is 0 Å². The van der Waals surface area contributed by atoms with E-state index in [1.807, 2.05) is 0 Å². The normalized spacial score (nSPS) is 16.7. The molecule has 0 saturated carbocycles. The summed E-state index contributed by atoms with van der Waals surface area (Å²) in [6.45, 7) is 0.668. The molecule has 0 unspecified atom stereocenters. The largest absolute Gasteiger partial charge is 0.493 e. The van der Waals surface area contributed by atoms with E-state index < -0.39 is 0 Å². The van der Waals surface area contributed by atoms with Crippen molar-refractivity contribution in [3.8, 4) is 11.5 Å². The maximum atomic E-state index is 13.1. The van der Waals surface area contributed by atoms with Crippen LogP contribution in [0.15, 0.2) is 42.5 Å². The fourth-order valence-corrected chi connectivity index (χ4v) is 2.87. The van der Waals surface area contributed by atoms with E-state index in [0.717, 1.165) is 12.0 Å². The molecule has 1 saturated heterocycles. The monoisotopic (exact) mass is 315 g/mol. The van der Waals surface area contributed by atoms with E-state index >= 15 is 0 Å². The molecule has 0 aliphatic carbocycles. The fraction of sp³-hybridized carbons (Fsp3) is 0.278. The molecule has 3 rings (SSSR count). The van der Waals surface area contributed by atoms with Crippen molar-refractivity contribution in [3.63, 3.8) is 0 Å². The van der Waals surface area contributed by atoms with Gasteiger partial charge >= 0.3 is 0 Å². The third kappa shape index (κ3) is 2.74. The average molecular weight is 315 g/mol. The highest BCUT2D eigenvalue weighted by Crippen LogP contribution is 2.38. The number of hydrogen-bond acceptors (Lipinski definition) is 3. The first kappa shape index (κ1) is 15.3. The predicted molar refractivity (Wildman–Crippen MR) is 84.3 cm³/mol. The van der Waals surface area contributed by atoms with Gasteiger partial charge in [-0.25, -0.2) is 4.39 Å². The summed E-state index contributed by atoms with van der Waals surface area (Å²) in [5.41, 5.74) is 1.41. The van der Waals surface area contributed by atoms with Gasteiger partial charge in [-0.1, -0.05) is 18.2 Å². The Morgan fingerprint density at radius 1 is 1.13 bits per heavy atom. The molecule has 120 valence electrons. The maximum Gasteiger partial charge on any atom is 0.258 e. The summed E-state index contributed by atoms with van der Waals surface area (Å²) in [6.07, 6.45) is 0.865. The fourth-order valence-electron chi connectivity index (χ4n) is 2.87. The lowest BCUT2D eigenvalue weighted by Crippen LogP contribution is -2.45. The van der Waals surface area contributed by atoms with Crippen molar-refractivity contribution in [1.29, 1.82) is 0 Å². The summed E-state index contributed by atoms with van der Waals surface area (Å²) in [7, 11) is 3.05. The van der Waals surface area contributed by atoms with E-state index in [1.54, 1.807) is 35.2 Å². The second-order valence-electron chi connectivity index (χ2n) is 5.40. The molecule has 1 atom stereocenters. The van der Waals surface area contributed by atoms with Crippen LogP contribution in [0.1, 0.15) is 28.4 Å². The molecule has 23 heavy (non-hydrogen) atoms. The highest BCUT2D eigenvalue weighted by molar-refractivity contribution is 5.98. The molecule has 0 aromatic heterocycles. The minimum Gasteiger partial charge on any atom is -0.493 e. The number of carbonyl (C=O) groups excluding carboxylic acids is 1. The molecule has 0 bridgehead atoms. The Kier molecular flexibility index (Phi) is 4.19. The van der Waals surface area contributed by atoms with Gasteiger partial charge in [0.05, 0.1) is 25.8 Å². The Hall–Kier alpha value is -2.56. The molecule has 1 heterocycles. The number of amides is 1. The zero-order valence-electron chi connectivity index (χ0n) is 13.1. The van der Waals surface area contributed by atoms with Gasteiger partial charge in [0.1, 0.15) is 5.82 Å². The van der Waals surface area contributed by atoms with Crippen LogP contribution in [0.5, 0.6) is 11.5 Å². The molecule has 4 nitrogen and oxygen atoms in total. The van der Waals surface area contributed by atoms with Gasteiger partial charge in [-0.2, -0.15) is 0 Å². The number of rotatable bonds is 4. The number of hydrogen-bond donors (Lipinski definition) is 0. The Morgan fingerprint density at radius 2 is 1.87 bits per heavy atom. The van der Waals surface area contributed by atoms with Crippen molar-refractivity contribution in [1.82, 2.24) is 4.90 Å². The third-order valence-corrected chi connectivity index (χ3v) is 4.17. The summed E-state index contributed by atoms with van der Waals surface area (Å²) < 4.78 is 23.7. The molecule has 1 aliphatic heterocycles. The van der Waals surface area contributed by atoms with Crippen molar-refractivity contribution < 1.29 is 18.7 Å². The molecule has 1 fully saturated rings. The third-order valence-electron chi connectivity index (χ3n) is 4.17. The van der Waals surface area contributed by atoms with Crippen LogP contribution in [0.4, 0.5) is 4.39 Å². The number of para-hydroxylation sites is 1. The summed E-state index contributed by atoms with van der Waals surface area (Å²) in [5, 5.41) is 0. The topological polar surface area (TPSA) is 38.8 Å². The second kappa shape index (κ2) is 6.28. The van der Waals surface area contributed by atoms with Gasteiger partial charge in [-0.15, -0.1) is 0 Å². The van der Waals surface area contributed by atoms with Crippen molar-refractivity contribution in [2.75, 3.05) is 20.8 Å². The van der Waals surface area contributed by atoms with Crippen LogP contribution < -0.4 is 9.47 Å². The summed E-state index contributed by atoms with van der Waals surface area (Å²) in [4.78, 5) is 14.6. The highest BCUT2D eigenvalue weighted by Gasteiger charge is 2.35. The van der Waals surface area contributed by atoms with E-state index in [9.17, 15) is 9.18 Å². The number of halogens is 1. The minimum absolute atomic E-state index is 0.0287. The van der Waals surface area contributed by atoms with Gasteiger partial charge in [-0.05, 0) is 36.2 Å². The van der Waals surface area contributed by atoms with Gasteiger partial charge in [0, 0.05) is 6.54 Å². The zero-order chi connectivity index (χ0) is 16.4. The van der Waals surface area contributed by atoms with Gasteiger partial charge in [-0.3, -0.25) is 4.79 Å². The number of benzene rings is 2. The lowest BCUT2D eigenvalue weighted by Gasteiger charge is -2.41. The van der Waals surface area contributed by atoms with Crippen LogP contribution in [-0.2, 0) is 0 Å².